The summed E-state index contributed by atoms with van der Waals surface area (Å²) in [5, 5.41) is 0. The smallest absolute Gasteiger partial charge is 0.251 e. The minimum atomic E-state index is -0.220. The molecule has 1 unspecified atom stereocenters. The first-order valence-corrected chi connectivity index (χ1v) is 9.97. The molecular formula is C19H29N5O2. The van der Waals surface area contributed by atoms with Gasteiger partial charge in [-0.1, -0.05) is 0 Å². The average Bonchev–Trinajstić information content (AvgIpc) is 3.22. The van der Waals surface area contributed by atoms with Crippen LogP contribution in [-0.2, 0) is 9.53 Å². The average molecular weight is 359 g/mol. The molecule has 3 aliphatic rings. The van der Waals surface area contributed by atoms with Crippen molar-refractivity contribution in [2.75, 3.05) is 55.7 Å². The zero-order valence-corrected chi connectivity index (χ0v) is 15.7. The predicted octanol–water partition coefficient (Wildman–Crippen LogP) is 1.60. The predicted molar refractivity (Wildman–Crippen MR) is 101 cm³/mol. The van der Waals surface area contributed by atoms with Crippen molar-refractivity contribution >= 4 is 17.7 Å². The maximum Gasteiger partial charge on any atom is 0.251 e. The van der Waals surface area contributed by atoms with E-state index in [1.165, 1.54) is 19.3 Å². The molecule has 7 nitrogen and oxygen atoms in total. The number of ether oxygens (including phenoxy) is 1. The summed E-state index contributed by atoms with van der Waals surface area (Å²) in [6, 6.07) is 2.09. The number of amides is 1. The summed E-state index contributed by atoms with van der Waals surface area (Å²) in [6.45, 7) is 7.91. The highest BCUT2D eigenvalue weighted by atomic mass is 16.5. The Hall–Kier alpha value is -1.89. The summed E-state index contributed by atoms with van der Waals surface area (Å²) >= 11 is 0. The molecule has 4 heterocycles. The molecule has 1 amide bonds. The van der Waals surface area contributed by atoms with E-state index in [4.69, 9.17) is 9.72 Å². The quantitative estimate of drug-likeness (QED) is 0.817. The Balaban J connectivity index is 1.40. The molecule has 0 bridgehead atoms. The van der Waals surface area contributed by atoms with Crippen LogP contribution in [0.4, 0.5) is 11.8 Å². The molecule has 142 valence electrons. The Morgan fingerprint density at radius 3 is 2.46 bits per heavy atom. The summed E-state index contributed by atoms with van der Waals surface area (Å²) < 4.78 is 5.54. The lowest BCUT2D eigenvalue weighted by Gasteiger charge is -2.36. The van der Waals surface area contributed by atoms with Crippen molar-refractivity contribution in [3.05, 3.63) is 11.8 Å². The molecule has 1 aromatic heterocycles. The summed E-state index contributed by atoms with van der Waals surface area (Å²) in [6.07, 6.45) is 5.42. The third kappa shape index (κ3) is 3.77. The van der Waals surface area contributed by atoms with Crippen molar-refractivity contribution < 1.29 is 9.53 Å². The van der Waals surface area contributed by atoms with Gasteiger partial charge >= 0.3 is 0 Å². The highest BCUT2D eigenvalue weighted by Gasteiger charge is 2.31. The van der Waals surface area contributed by atoms with Crippen molar-refractivity contribution in [2.45, 2.75) is 45.1 Å². The third-order valence-corrected chi connectivity index (χ3v) is 5.59. The first-order chi connectivity index (χ1) is 12.7. The van der Waals surface area contributed by atoms with Crippen molar-refractivity contribution in [3.8, 4) is 0 Å². The Labute approximate surface area is 155 Å². The van der Waals surface area contributed by atoms with Gasteiger partial charge in [0.15, 0.2) is 0 Å². The van der Waals surface area contributed by atoms with Crippen LogP contribution in [0.1, 0.15) is 37.8 Å². The van der Waals surface area contributed by atoms with Gasteiger partial charge in [0.1, 0.15) is 11.9 Å². The molecule has 3 fully saturated rings. The van der Waals surface area contributed by atoms with Gasteiger partial charge in [0.25, 0.3) is 5.91 Å². The minimum absolute atomic E-state index is 0.154. The Morgan fingerprint density at radius 1 is 1.00 bits per heavy atom. The number of piperidine rings is 1. The van der Waals surface area contributed by atoms with Crippen LogP contribution in [0.15, 0.2) is 6.07 Å². The molecule has 3 aliphatic heterocycles. The van der Waals surface area contributed by atoms with Crippen molar-refractivity contribution in [2.24, 2.45) is 0 Å². The van der Waals surface area contributed by atoms with Crippen molar-refractivity contribution in [1.29, 1.82) is 0 Å². The van der Waals surface area contributed by atoms with Crippen LogP contribution in [0.2, 0.25) is 0 Å². The number of rotatable bonds is 3. The molecule has 0 aliphatic carbocycles. The molecule has 4 rings (SSSR count). The molecule has 7 heteroatoms. The van der Waals surface area contributed by atoms with E-state index in [-0.39, 0.29) is 12.0 Å². The second-order valence-corrected chi connectivity index (χ2v) is 7.53. The SMILES string of the molecule is Cc1cc(N2CCCCC2)nc(N2CCN(C(=O)C3CCCO3)CC2)n1. The largest absolute Gasteiger partial charge is 0.368 e. The number of nitrogens with zero attached hydrogens (tertiary/aromatic N) is 5. The van der Waals surface area contributed by atoms with E-state index in [2.05, 4.69) is 20.9 Å². The highest BCUT2D eigenvalue weighted by Crippen LogP contribution is 2.22. The van der Waals surface area contributed by atoms with Gasteiger partial charge in [0, 0.05) is 57.6 Å². The number of aromatic nitrogens is 2. The van der Waals surface area contributed by atoms with Crippen LogP contribution in [0.5, 0.6) is 0 Å². The topological polar surface area (TPSA) is 61.8 Å². The van der Waals surface area contributed by atoms with Gasteiger partial charge < -0.3 is 19.4 Å². The maximum atomic E-state index is 12.5. The number of hydrogen-bond acceptors (Lipinski definition) is 6. The lowest BCUT2D eigenvalue weighted by molar-refractivity contribution is -0.141. The minimum Gasteiger partial charge on any atom is -0.368 e. The van der Waals surface area contributed by atoms with E-state index in [0.29, 0.717) is 6.61 Å². The fraction of sp³-hybridized carbons (Fsp3) is 0.737. The van der Waals surface area contributed by atoms with Gasteiger partial charge in [-0.05, 0) is 39.0 Å². The number of hydrogen-bond donors (Lipinski definition) is 0. The standard InChI is InChI=1S/C19H29N5O2/c1-15-14-17(22-7-3-2-4-8-22)21-19(20-15)24-11-9-23(10-12-24)18(25)16-6-5-13-26-16/h14,16H,2-13H2,1H3. The molecule has 0 aromatic carbocycles. The summed E-state index contributed by atoms with van der Waals surface area (Å²) in [4.78, 5) is 28.5. The number of anilines is 2. The second-order valence-electron chi connectivity index (χ2n) is 7.53. The summed E-state index contributed by atoms with van der Waals surface area (Å²) in [5.41, 5.74) is 1.01. The van der Waals surface area contributed by atoms with E-state index < -0.39 is 0 Å². The third-order valence-electron chi connectivity index (χ3n) is 5.59. The normalized spacial score (nSPS) is 24.2. The Morgan fingerprint density at radius 2 is 1.77 bits per heavy atom. The molecule has 0 radical (unpaired) electrons. The van der Waals surface area contributed by atoms with Gasteiger partial charge in [-0.3, -0.25) is 4.79 Å². The highest BCUT2D eigenvalue weighted by molar-refractivity contribution is 5.81. The zero-order chi connectivity index (χ0) is 17.9. The zero-order valence-electron chi connectivity index (χ0n) is 15.7. The monoisotopic (exact) mass is 359 g/mol. The van der Waals surface area contributed by atoms with Crippen LogP contribution in [-0.4, -0.2) is 72.8 Å². The van der Waals surface area contributed by atoms with Gasteiger partial charge in [-0.15, -0.1) is 0 Å². The van der Waals surface area contributed by atoms with Crippen LogP contribution in [0.3, 0.4) is 0 Å². The van der Waals surface area contributed by atoms with Crippen LogP contribution in [0, 0.1) is 6.92 Å². The number of piperazine rings is 1. The molecule has 0 N–H and O–H groups in total. The van der Waals surface area contributed by atoms with E-state index in [9.17, 15) is 4.79 Å². The molecule has 0 saturated carbocycles. The first-order valence-electron chi connectivity index (χ1n) is 9.97. The van der Waals surface area contributed by atoms with Gasteiger partial charge in [-0.25, -0.2) is 4.98 Å². The second kappa shape index (κ2) is 7.78. The lowest BCUT2D eigenvalue weighted by Crippen LogP contribution is -2.52. The van der Waals surface area contributed by atoms with Gasteiger partial charge in [-0.2, -0.15) is 4.98 Å². The molecule has 26 heavy (non-hydrogen) atoms. The number of carbonyl (C=O) groups is 1. The van der Waals surface area contributed by atoms with Gasteiger partial charge in [0.2, 0.25) is 5.95 Å². The van der Waals surface area contributed by atoms with Crippen molar-refractivity contribution in [1.82, 2.24) is 14.9 Å². The van der Waals surface area contributed by atoms with E-state index in [1.54, 1.807) is 0 Å². The Bertz CT molecular complexity index is 633. The van der Waals surface area contributed by atoms with Crippen LogP contribution in [0.25, 0.3) is 0 Å². The fourth-order valence-electron chi connectivity index (χ4n) is 4.07. The lowest BCUT2D eigenvalue weighted by atomic mass is 10.1. The molecule has 1 atom stereocenters. The first kappa shape index (κ1) is 17.5. The Kier molecular flexibility index (Phi) is 5.24. The number of carbonyl (C=O) groups excluding carboxylic acids is 1. The van der Waals surface area contributed by atoms with E-state index in [1.807, 2.05) is 11.8 Å². The van der Waals surface area contributed by atoms with E-state index in [0.717, 1.165) is 69.6 Å². The maximum absolute atomic E-state index is 12.5. The number of aryl methyl sites for hydroxylation is 1. The van der Waals surface area contributed by atoms with Crippen LogP contribution < -0.4 is 9.80 Å². The fourth-order valence-corrected chi connectivity index (χ4v) is 4.07. The van der Waals surface area contributed by atoms with Crippen molar-refractivity contribution in [3.63, 3.8) is 0 Å². The van der Waals surface area contributed by atoms with Crippen LogP contribution >= 0.6 is 0 Å². The molecule has 0 spiro atoms. The molecule has 1 aromatic rings. The van der Waals surface area contributed by atoms with Gasteiger partial charge in [0.05, 0.1) is 0 Å². The summed E-state index contributed by atoms with van der Waals surface area (Å²) in [5.74, 6) is 2.00. The molecule has 3 saturated heterocycles. The molecular weight excluding hydrogens is 330 g/mol. The summed E-state index contributed by atoms with van der Waals surface area (Å²) in [7, 11) is 0. The van der Waals surface area contributed by atoms with E-state index >= 15 is 0 Å².